The molecular weight excluding hydrogens is 308 g/mol. The molecule has 0 aliphatic carbocycles. The lowest BCUT2D eigenvalue weighted by Crippen LogP contribution is -2.44. The number of piperidine rings is 1. The molecule has 1 saturated heterocycles. The number of aromatic nitrogens is 3. The average Bonchev–Trinajstić information content (AvgIpc) is 2.95. The van der Waals surface area contributed by atoms with Gasteiger partial charge < -0.3 is 5.32 Å². The van der Waals surface area contributed by atoms with Crippen molar-refractivity contribution in [3.05, 3.63) is 34.2 Å². The van der Waals surface area contributed by atoms with Gasteiger partial charge in [-0.2, -0.15) is 5.26 Å². The highest BCUT2D eigenvalue weighted by Gasteiger charge is 2.27. The molecule has 0 saturated carbocycles. The van der Waals surface area contributed by atoms with Gasteiger partial charge in [0.2, 0.25) is 0 Å². The van der Waals surface area contributed by atoms with Gasteiger partial charge in [-0.15, -0.1) is 11.3 Å². The van der Waals surface area contributed by atoms with Crippen LogP contribution in [0.4, 0.5) is 5.82 Å². The van der Waals surface area contributed by atoms with Crippen LogP contribution in [0.2, 0.25) is 0 Å². The molecule has 1 aliphatic rings. The maximum Gasteiger partial charge on any atom is 0.182 e. The molecule has 1 N–H and O–H groups in total. The first-order chi connectivity index (χ1) is 11.2. The summed E-state index contributed by atoms with van der Waals surface area (Å²) in [5, 5.41) is 13.6. The quantitative estimate of drug-likeness (QED) is 0.929. The topological polar surface area (TPSA) is 77.7 Å². The third-order valence-corrected chi connectivity index (χ3v) is 5.06. The Hall–Kier alpha value is -2.04. The summed E-state index contributed by atoms with van der Waals surface area (Å²) in [4.78, 5) is 16.4. The minimum absolute atomic E-state index is 0.318. The largest absolute Gasteiger partial charge is 0.365 e. The van der Waals surface area contributed by atoms with Crippen LogP contribution in [0.15, 0.2) is 18.6 Å². The van der Waals surface area contributed by atoms with Crippen molar-refractivity contribution in [1.82, 2.24) is 19.9 Å². The molecule has 23 heavy (non-hydrogen) atoms. The predicted molar refractivity (Wildman–Crippen MR) is 90.1 cm³/mol. The number of hydrogen-bond donors (Lipinski definition) is 1. The highest BCUT2D eigenvalue weighted by Crippen LogP contribution is 2.23. The number of thiazole rings is 1. The van der Waals surface area contributed by atoms with E-state index in [1.807, 2.05) is 13.1 Å². The fraction of sp³-hybridized carbons (Fsp3) is 0.500. The molecule has 0 spiro atoms. The van der Waals surface area contributed by atoms with E-state index >= 15 is 0 Å². The Kier molecular flexibility index (Phi) is 4.84. The zero-order valence-corrected chi connectivity index (χ0v) is 14.2. The Labute approximate surface area is 140 Å². The van der Waals surface area contributed by atoms with E-state index in [1.54, 1.807) is 23.7 Å². The van der Waals surface area contributed by atoms with Gasteiger partial charge in [0.1, 0.15) is 6.07 Å². The van der Waals surface area contributed by atoms with E-state index in [4.69, 9.17) is 5.26 Å². The molecule has 3 rings (SSSR count). The number of nitrogens with zero attached hydrogens (tertiary/aromatic N) is 5. The number of hydrogen-bond acceptors (Lipinski definition) is 7. The number of likely N-dealkylation sites (tertiary alicyclic amines) is 1. The molecule has 1 fully saturated rings. The van der Waals surface area contributed by atoms with Crippen molar-refractivity contribution in [1.29, 1.82) is 5.26 Å². The summed E-state index contributed by atoms with van der Waals surface area (Å²) in [6.45, 7) is 7.31. The van der Waals surface area contributed by atoms with Gasteiger partial charge in [-0.25, -0.2) is 15.0 Å². The number of rotatable bonds is 4. The van der Waals surface area contributed by atoms with Crippen molar-refractivity contribution in [2.45, 2.75) is 32.9 Å². The normalized spacial score (nSPS) is 21.8. The van der Waals surface area contributed by atoms with Crippen molar-refractivity contribution in [2.75, 3.05) is 18.4 Å². The van der Waals surface area contributed by atoms with Crippen LogP contribution >= 0.6 is 11.3 Å². The third kappa shape index (κ3) is 3.84. The lowest BCUT2D eigenvalue weighted by Gasteiger charge is -2.37. The highest BCUT2D eigenvalue weighted by molar-refractivity contribution is 7.11. The number of aryl methyl sites for hydroxylation is 1. The summed E-state index contributed by atoms with van der Waals surface area (Å²) in [7, 11) is 0. The Morgan fingerprint density at radius 1 is 1.39 bits per heavy atom. The maximum atomic E-state index is 9.12. The van der Waals surface area contributed by atoms with Crippen LogP contribution in [0.1, 0.15) is 28.9 Å². The molecular formula is C16H20N6S. The smallest absolute Gasteiger partial charge is 0.182 e. The summed E-state index contributed by atoms with van der Waals surface area (Å²) >= 11 is 1.77. The van der Waals surface area contributed by atoms with Crippen molar-refractivity contribution < 1.29 is 0 Å². The molecule has 1 aliphatic heterocycles. The third-order valence-electron chi connectivity index (χ3n) is 4.16. The zero-order valence-electron chi connectivity index (χ0n) is 13.4. The summed E-state index contributed by atoms with van der Waals surface area (Å²) in [6.07, 6.45) is 6.18. The molecule has 0 amide bonds. The first-order valence-corrected chi connectivity index (χ1v) is 8.58. The van der Waals surface area contributed by atoms with Gasteiger partial charge in [0, 0.05) is 49.1 Å². The van der Waals surface area contributed by atoms with E-state index < -0.39 is 0 Å². The van der Waals surface area contributed by atoms with Crippen LogP contribution in [0.3, 0.4) is 0 Å². The summed E-state index contributed by atoms with van der Waals surface area (Å²) in [5.41, 5.74) is 0.363. The number of nitrogens with one attached hydrogen (secondary N) is 1. The molecule has 0 bridgehead atoms. The molecule has 7 heteroatoms. The highest BCUT2D eigenvalue weighted by atomic mass is 32.1. The minimum Gasteiger partial charge on any atom is -0.365 e. The number of anilines is 1. The Bertz CT molecular complexity index is 707. The van der Waals surface area contributed by atoms with Crippen molar-refractivity contribution in [3.63, 3.8) is 0 Å². The van der Waals surface area contributed by atoms with Crippen molar-refractivity contribution in [2.24, 2.45) is 5.92 Å². The van der Waals surface area contributed by atoms with E-state index in [-0.39, 0.29) is 0 Å². The van der Waals surface area contributed by atoms with Crippen LogP contribution in [-0.4, -0.2) is 39.0 Å². The van der Waals surface area contributed by atoms with Gasteiger partial charge in [0.25, 0.3) is 0 Å². The van der Waals surface area contributed by atoms with Crippen LogP contribution in [0.5, 0.6) is 0 Å². The van der Waals surface area contributed by atoms with E-state index in [0.717, 1.165) is 31.1 Å². The van der Waals surface area contributed by atoms with Gasteiger partial charge >= 0.3 is 0 Å². The lowest BCUT2D eigenvalue weighted by molar-refractivity contribution is 0.166. The first-order valence-electron chi connectivity index (χ1n) is 7.77. The van der Waals surface area contributed by atoms with E-state index in [1.165, 1.54) is 4.88 Å². The fourth-order valence-corrected chi connectivity index (χ4v) is 3.83. The van der Waals surface area contributed by atoms with Crippen LogP contribution in [0, 0.1) is 24.2 Å². The minimum atomic E-state index is 0.318. The zero-order chi connectivity index (χ0) is 16.2. The van der Waals surface area contributed by atoms with E-state index in [0.29, 0.717) is 23.5 Å². The average molecular weight is 328 g/mol. The lowest BCUT2D eigenvalue weighted by atomic mass is 9.93. The SMILES string of the molecule is Cc1ncc(CN2CCC(Nc3nccnc3C#N)C(C)C2)s1. The molecule has 2 unspecified atom stereocenters. The van der Waals surface area contributed by atoms with Gasteiger partial charge in [0.05, 0.1) is 5.01 Å². The summed E-state index contributed by atoms with van der Waals surface area (Å²) in [5.74, 6) is 1.07. The molecule has 6 nitrogen and oxygen atoms in total. The molecule has 0 radical (unpaired) electrons. The van der Waals surface area contributed by atoms with Crippen LogP contribution < -0.4 is 5.32 Å². The monoisotopic (exact) mass is 328 g/mol. The van der Waals surface area contributed by atoms with Crippen LogP contribution in [-0.2, 0) is 6.54 Å². The first kappa shape index (κ1) is 15.8. The molecule has 2 aromatic heterocycles. The Balaban J connectivity index is 1.59. The van der Waals surface area contributed by atoms with Gasteiger partial charge in [-0.1, -0.05) is 6.92 Å². The second-order valence-corrected chi connectivity index (χ2v) is 7.28. The van der Waals surface area contributed by atoms with Crippen molar-refractivity contribution >= 4 is 17.2 Å². The molecule has 3 heterocycles. The van der Waals surface area contributed by atoms with Crippen molar-refractivity contribution in [3.8, 4) is 6.07 Å². The second-order valence-electron chi connectivity index (χ2n) is 5.96. The van der Waals surface area contributed by atoms with E-state index in [9.17, 15) is 0 Å². The maximum absolute atomic E-state index is 9.12. The molecule has 120 valence electrons. The fourth-order valence-electron chi connectivity index (χ4n) is 2.99. The van der Waals surface area contributed by atoms with E-state index in [2.05, 4.69) is 38.2 Å². The van der Waals surface area contributed by atoms with Gasteiger partial charge in [-0.3, -0.25) is 4.90 Å². The predicted octanol–water partition coefficient (Wildman–Crippen LogP) is 2.44. The van der Waals surface area contributed by atoms with Gasteiger partial charge in [-0.05, 0) is 19.3 Å². The Morgan fingerprint density at radius 3 is 2.91 bits per heavy atom. The molecule has 2 atom stereocenters. The van der Waals surface area contributed by atoms with Gasteiger partial charge in [0.15, 0.2) is 11.5 Å². The molecule has 2 aromatic rings. The number of nitriles is 1. The molecule has 0 aromatic carbocycles. The Morgan fingerprint density at radius 2 is 2.22 bits per heavy atom. The summed E-state index contributed by atoms with van der Waals surface area (Å²) in [6, 6.07) is 2.41. The van der Waals surface area contributed by atoms with Crippen LogP contribution in [0.25, 0.3) is 0 Å². The second kappa shape index (κ2) is 7.02. The standard InChI is InChI=1S/C16H20N6S/c1-11-9-22(10-13-8-20-12(2)23-13)6-3-14(11)21-16-15(7-17)18-4-5-19-16/h4-5,8,11,14H,3,6,9-10H2,1-2H3,(H,19,21). The summed E-state index contributed by atoms with van der Waals surface area (Å²) < 4.78 is 0.